The van der Waals surface area contributed by atoms with Crippen LogP contribution in [0.25, 0.3) is 0 Å². The van der Waals surface area contributed by atoms with E-state index in [-0.39, 0.29) is 25.4 Å². The van der Waals surface area contributed by atoms with Gasteiger partial charge >= 0.3 is 6.09 Å². The topological polar surface area (TPSA) is 163 Å². The number of hydrogen-bond acceptors (Lipinski definition) is 7. The summed E-state index contributed by atoms with van der Waals surface area (Å²) in [5.74, 6) is -2.77. The van der Waals surface area contributed by atoms with Crippen LogP contribution in [0, 0.1) is 5.92 Å². The lowest BCUT2D eigenvalue weighted by Gasteiger charge is -2.24. The third kappa shape index (κ3) is 10.2. The van der Waals surface area contributed by atoms with E-state index in [0.717, 1.165) is 22.6 Å². The lowest BCUT2D eigenvalue weighted by atomic mass is 10.0. The van der Waals surface area contributed by atoms with Crippen LogP contribution >= 0.6 is 0 Å². The molecule has 1 aliphatic heterocycles. The Morgan fingerprint density at radius 1 is 0.897 bits per heavy atom. The van der Waals surface area contributed by atoms with Gasteiger partial charge < -0.3 is 26.0 Å². The lowest BCUT2D eigenvalue weighted by molar-refractivity contribution is -0.137. The molecule has 0 saturated heterocycles. The Labute approximate surface area is 227 Å². The molecule has 0 saturated carbocycles. The minimum Gasteiger partial charge on any atom is -0.444 e. The molecule has 0 radical (unpaired) electrons. The Morgan fingerprint density at radius 2 is 1.49 bits per heavy atom. The van der Waals surface area contributed by atoms with E-state index in [1.165, 1.54) is 6.92 Å². The smallest absolute Gasteiger partial charge is 0.407 e. The Morgan fingerprint density at radius 3 is 2.03 bits per heavy atom. The number of nitrogens with one attached hydrogen (secondary N) is 4. The number of imide groups is 1. The van der Waals surface area contributed by atoms with Crippen molar-refractivity contribution in [3.8, 4) is 0 Å². The molecule has 39 heavy (non-hydrogen) atoms. The van der Waals surface area contributed by atoms with Crippen molar-refractivity contribution in [1.82, 2.24) is 20.9 Å². The van der Waals surface area contributed by atoms with Crippen LogP contribution in [0.15, 0.2) is 36.4 Å². The highest BCUT2D eigenvalue weighted by Gasteiger charge is 2.28. The van der Waals surface area contributed by atoms with Crippen LogP contribution in [0.4, 0.5) is 10.5 Å². The monoisotopic (exact) mass is 543 g/mol. The maximum absolute atomic E-state index is 12.8. The summed E-state index contributed by atoms with van der Waals surface area (Å²) in [5, 5.41) is 10.6. The summed E-state index contributed by atoms with van der Waals surface area (Å²) in [5.41, 5.74) is 0.696. The second kappa shape index (κ2) is 13.5. The van der Waals surface area contributed by atoms with E-state index in [2.05, 4.69) is 21.3 Å². The van der Waals surface area contributed by atoms with Gasteiger partial charge in [-0.15, -0.1) is 0 Å². The standard InChI is InChI=1S/C27H37N5O7/c1-16(2)23(31-20(33)13-14-32-21(34)11-12-22(32)35)25(37)29-17(3)24(36)30-19-9-7-18(8-10-19)15-28-26(38)39-27(4,5)6/h7-12,16-17,23H,13-15H2,1-6H3,(H,28,38)(H,29,37)(H,30,36)(H,31,33)/t17-,23-/m0/s1. The quantitative estimate of drug-likeness (QED) is 0.308. The normalized spacial score (nSPS) is 14.6. The summed E-state index contributed by atoms with van der Waals surface area (Å²) < 4.78 is 5.19. The number of carbonyl (C=O) groups excluding carboxylic acids is 6. The van der Waals surface area contributed by atoms with Crippen molar-refractivity contribution in [2.45, 2.75) is 72.2 Å². The van der Waals surface area contributed by atoms with Crippen molar-refractivity contribution in [1.29, 1.82) is 0 Å². The highest BCUT2D eigenvalue weighted by molar-refractivity contribution is 6.13. The molecule has 0 unspecified atom stereocenters. The molecule has 6 amide bonds. The molecule has 2 atom stereocenters. The van der Waals surface area contributed by atoms with Gasteiger partial charge in [-0.2, -0.15) is 0 Å². The van der Waals surface area contributed by atoms with Gasteiger partial charge in [0.05, 0.1) is 0 Å². The van der Waals surface area contributed by atoms with E-state index < -0.39 is 53.3 Å². The van der Waals surface area contributed by atoms with Crippen LogP contribution in [0.1, 0.15) is 53.5 Å². The molecule has 0 aliphatic carbocycles. The number of rotatable bonds is 11. The van der Waals surface area contributed by atoms with E-state index in [1.54, 1.807) is 58.9 Å². The number of ether oxygens (including phenoxy) is 1. The maximum atomic E-state index is 12.8. The fraction of sp³-hybridized carbons (Fsp3) is 0.481. The van der Waals surface area contributed by atoms with Crippen LogP contribution in [0.3, 0.4) is 0 Å². The van der Waals surface area contributed by atoms with Gasteiger partial charge in [0.15, 0.2) is 0 Å². The number of alkyl carbamates (subject to hydrolysis) is 1. The highest BCUT2D eigenvalue weighted by atomic mass is 16.6. The van der Waals surface area contributed by atoms with Crippen molar-refractivity contribution in [3.05, 3.63) is 42.0 Å². The van der Waals surface area contributed by atoms with Gasteiger partial charge in [-0.3, -0.25) is 28.9 Å². The molecule has 1 heterocycles. The highest BCUT2D eigenvalue weighted by Crippen LogP contribution is 2.12. The molecule has 0 fully saturated rings. The third-order valence-electron chi connectivity index (χ3n) is 5.54. The molecule has 1 aliphatic rings. The SMILES string of the molecule is CC(C)[C@H](NC(=O)CCN1C(=O)C=CC1=O)C(=O)N[C@@H](C)C(=O)Nc1ccc(CNC(=O)OC(C)(C)C)cc1. The van der Waals surface area contributed by atoms with E-state index in [4.69, 9.17) is 4.74 Å². The number of nitrogens with zero attached hydrogens (tertiary/aromatic N) is 1. The Kier molecular flexibility index (Phi) is 10.8. The molecule has 12 heteroatoms. The molecule has 1 aromatic carbocycles. The molecule has 4 N–H and O–H groups in total. The number of hydrogen-bond donors (Lipinski definition) is 4. The van der Waals surface area contributed by atoms with Crippen LogP contribution < -0.4 is 21.3 Å². The zero-order chi connectivity index (χ0) is 29.3. The largest absolute Gasteiger partial charge is 0.444 e. The Bertz CT molecular complexity index is 1100. The first-order valence-electron chi connectivity index (χ1n) is 12.7. The molecule has 1 aromatic rings. The summed E-state index contributed by atoms with van der Waals surface area (Å²) in [6, 6.07) is 4.98. The average Bonchev–Trinajstić information content (AvgIpc) is 3.16. The summed E-state index contributed by atoms with van der Waals surface area (Å²) in [6.45, 7) is 10.5. The van der Waals surface area contributed by atoms with Crippen LogP contribution in [0.5, 0.6) is 0 Å². The van der Waals surface area contributed by atoms with Crippen molar-refractivity contribution in [3.63, 3.8) is 0 Å². The molecule has 0 aromatic heterocycles. The summed E-state index contributed by atoms with van der Waals surface area (Å²) >= 11 is 0. The first-order valence-corrected chi connectivity index (χ1v) is 12.7. The minimum atomic E-state index is -0.924. The van der Waals surface area contributed by atoms with Gasteiger partial charge in [-0.1, -0.05) is 26.0 Å². The summed E-state index contributed by atoms with van der Waals surface area (Å²) in [4.78, 5) is 73.9. The second-order valence-electron chi connectivity index (χ2n) is 10.5. The molecular formula is C27H37N5O7. The summed E-state index contributed by atoms with van der Waals surface area (Å²) in [7, 11) is 0. The lowest BCUT2D eigenvalue weighted by Crippen LogP contribution is -2.54. The van der Waals surface area contributed by atoms with Gasteiger partial charge in [0.25, 0.3) is 11.8 Å². The zero-order valence-corrected chi connectivity index (χ0v) is 23.1. The molecule has 12 nitrogen and oxygen atoms in total. The Hall–Kier alpha value is -4.22. The van der Waals surface area contributed by atoms with Gasteiger partial charge in [0.1, 0.15) is 17.7 Å². The minimum absolute atomic E-state index is 0.0996. The predicted molar refractivity (Wildman–Crippen MR) is 143 cm³/mol. The van der Waals surface area contributed by atoms with E-state index in [1.807, 2.05) is 0 Å². The van der Waals surface area contributed by atoms with Gasteiger partial charge in [-0.05, 0) is 51.3 Å². The molecule has 212 valence electrons. The number of carbonyl (C=O) groups is 6. The number of benzene rings is 1. The van der Waals surface area contributed by atoms with Crippen LogP contribution in [-0.4, -0.2) is 64.8 Å². The molecule has 0 spiro atoms. The van der Waals surface area contributed by atoms with E-state index in [9.17, 15) is 28.8 Å². The third-order valence-corrected chi connectivity index (χ3v) is 5.54. The fourth-order valence-electron chi connectivity index (χ4n) is 3.46. The maximum Gasteiger partial charge on any atom is 0.407 e. The zero-order valence-electron chi connectivity index (χ0n) is 23.1. The molecule has 0 bridgehead atoms. The molecule has 2 rings (SSSR count). The van der Waals surface area contributed by atoms with Crippen LogP contribution in [-0.2, 0) is 35.3 Å². The van der Waals surface area contributed by atoms with E-state index >= 15 is 0 Å². The first-order chi connectivity index (χ1) is 18.2. The van der Waals surface area contributed by atoms with Gasteiger partial charge in [0.2, 0.25) is 17.7 Å². The molecular weight excluding hydrogens is 506 g/mol. The summed E-state index contributed by atoms with van der Waals surface area (Å²) in [6.07, 6.45) is 1.58. The van der Waals surface area contributed by atoms with Crippen LogP contribution in [0.2, 0.25) is 0 Å². The average molecular weight is 544 g/mol. The van der Waals surface area contributed by atoms with Crippen molar-refractivity contribution >= 4 is 41.3 Å². The van der Waals surface area contributed by atoms with Crippen molar-refractivity contribution in [2.75, 3.05) is 11.9 Å². The predicted octanol–water partition coefficient (Wildman–Crippen LogP) is 1.61. The van der Waals surface area contributed by atoms with Crippen molar-refractivity contribution < 1.29 is 33.5 Å². The van der Waals surface area contributed by atoms with Gasteiger partial charge in [0, 0.05) is 37.3 Å². The first kappa shape index (κ1) is 31.0. The number of amides is 6. The van der Waals surface area contributed by atoms with Crippen molar-refractivity contribution in [2.24, 2.45) is 5.92 Å². The fourth-order valence-corrected chi connectivity index (χ4v) is 3.46. The Balaban J connectivity index is 1.84. The number of anilines is 1. The van der Waals surface area contributed by atoms with E-state index in [0.29, 0.717) is 5.69 Å². The van der Waals surface area contributed by atoms with Gasteiger partial charge in [-0.25, -0.2) is 4.79 Å². The second-order valence-corrected chi connectivity index (χ2v) is 10.5.